The maximum atomic E-state index is 14.5. The van der Waals surface area contributed by atoms with E-state index in [4.69, 9.17) is 0 Å². The van der Waals surface area contributed by atoms with E-state index in [0.717, 1.165) is 34.4 Å². The molecule has 0 saturated heterocycles. The number of benzene rings is 4. The molecule has 53 heavy (non-hydrogen) atoms. The van der Waals surface area contributed by atoms with Gasteiger partial charge in [0.05, 0.1) is 6.20 Å². The second-order valence-electron chi connectivity index (χ2n) is 11.9. The Morgan fingerprint density at radius 3 is 1.92 bits per heavy atom. The van der Waals surface area contributed by atoms with Gasteiger partial charge in [0.2, 0.25) is 17.8 Å². The van der Waals surface area contributed by atoms with Crippen LogP contribution in [0.4, 0.5) is 50.7 Å². The largest absolute Gasteiger partial charge is 0.348 e. The number of allylic oxidation sites excluding steroid dienone is 3. The van der Waals surface area contributed by atoms with Gasteiger partial charge in [-0.2, -0.15) is 9.97 Å². The van der Waals surface area contributed by atoms with Crippen LogP contribution in [0, 0.1) is 12.7 Å². The number of aryl methyl sites for hydroxylation is 1. The Labute approximate surface area is 306 Å². The topological polar surface area (TPSA) is 146 Å². The lowest BCUT2D eigenvalue weighted by Crippen LogP contribution is -2.20. The maximum Gasteiger partial charge on any atom is 0.244 e. The molecule has 6 rings (SSSR count). The lowest BCUT2D eigenvalue weighted by Gasteiger charge is -2.12. The minimum Gasteiger partial charge on any atom is -0.348 e. The van der Waals surface area contributed by atoms with Gasteiger partial charge >= 0.3 is 0 Å². The zero-order valence-electron chi connectivity index (χ0n) is 29.0. The minimum atomic E-state index is -0.622. The van der Waals surface area contributed by atoms with Crippen LogP contribution in [0.15, 0.2) is 145 Å². The number of aromatic nitrogens is 4. The number of ketones is 1. The first-order chi connectivity index (χ1) is 25.8. The van der Waals surface area contributed by atoms with Gasteiger partial charge in [-0.3, -0.25) is 9.59 Å². The van der Waals surface area contributed by atoms with Gasteiger partial charge < -0.3 is 26.6 Å². The summed E-state index contributed by atoms with van der Waals surface area (Å²) in [6.07, 6.45) is 7.25. The van der Waals surface area contributed by atoms with Gasteiger partial charge in [0, 0.05) is 52.7 Å². The minimum absolute atomic E-state index is 0.00982. The molecule has 0 aliphatic rings. The van der Waals surface area contributed by atoms with Crippen LogP contribution in [0.2, 0.25) is 0 Å². The molecular weight excluding hydrogens is 670 g/mol. The van der Waals surface area contributed by atoms with Crippen molar-refractivity contribution >= 4 is 58.0 Å². The molecule has 11 nitrogen and oxygen atoms in total. The molecule has 264 valence electrons. The molecule has 0 unspecified atom stereocenters. The number of halogens is 1. The number of carbonyl (C=O) groups excluding carboxylic acids is 2. The third-order valence-electron chi connectivity index (χ3n) is 7.72. The van der Waals surface area contributed by atoms with E-state index in [0.29, 0.717) is 35.1 Å². The van der Waals surface area contributed by atoms with E-state index in [2.05, 4.69) is 46.5 Å². The van der Waals surface area contributed by atoms with Crippen molar-refractivity contribution in [2.24, 2.45) is 0 Å². The first-order valence-electron chi connectivity index (χ1n) is 16.7. The Bertz CT molecular complexity index is 2260. The molecule has 5 N–H and O–H groups in total. The van der Waals surface area contributed by atoms with E-state index in [1.807, 2.05) is 91.9 Å². The molecule has 6 aromatic rings. The third kappa shape index (κ3) is 10.4. The van der Waals surface area contributed by atoms with E-state index < -0.39 is 5.82 Å². The summed E-state index contributed by atoms with van der Waals surface area (Å²) in [4.78, 5) is 42.7. The first-order valence-corrected chi connectivity index (χ1v) is 16.7. The average molecular weight is 706 g/mol. The maximum absolute atomic E-state index is 14.5. The van der Waals surface area contributed by atoms with Crippen LogP contribution in [0.25, 0.3) is 0 Å². The third-order valence-corrected chi connectivity index (χ3v) is 7.72. The Morgan fingerprint density at radius 1 is 0.660 bits per heavy atom. The SMILES string of the molecule is CC(/C=C/C(=O)NCc1cccc(Nc2nc(Nc3ccccc3)ncc2C)c1)=C\C(=O)c1ccc(Nc2nc(Nc3ccccc3)ncc2F)cc1. The summed E-state index contributed by atoms with van der Waals surface area (Å²) < 4.78 is 14.5. The zero-order valence-corrected chi connectivity index (χ0v) is 29.0. The smallest absolute Gasteiger partial charge is 0.244 e. The summed E-state index contributed by atoms with van der Waals surface area (Å²) in [6, 6.07) is 33.2. The van der Waals surface area contributed by atoms with Crippen LogP contribution in [0.5, 0.6) is 0 Å². The Morgan fingerprint density at radius 2 is 1.25 bits per heavy atom. The Kier molecular flexibility index (Phi) is 11.5. The molecule has 0 radical (unpaired) electrons. The second kappa shape index (κ2) is 17.1. The van der Waals surface area contributed by atoms with E-state index in [9.17, 15) is 14.0 Å². The van der Waals surface area contributed by atoms with E-state index in [1.54, 1.807) is 43.5 Å². The lowest BCUT2D eigenvalue weighted by molar-refractivity contribution is -0.116. The van der Waals surface area contributed by atoms with Crippen molar-refractivity contribution in [3.63, 3.8) is 0 Å². The number of anilines is 8. The summed E-state index contributed by atoms with van der Waals surface area (Å²) >= 11 is 0. The Balaban J connectivity index is 0.993. The van der Waals surface area contributed by atoms with Gasteiger partial charge in [-0.25, -0.2) is 14.4 Å². The molecule has 12 heteroatoms. The molecule has 2 aromatic heterocycles. The van der Waals surface area contributed by atoms with Crippen LogP contribution >= 0.6 is 0 Å². The first kappa shape index (κ1) is 35.6. The molecule has 4 aromatic carbocycles. The summed E-state index contributed by atoms with van der Waals surface area (Å²) in [5, 5.41) is 15.4. The molecular formula is C41H36FN9O2. The van der Waals surface area contributed by atoms with Crippen molar-refractivity contribution in [2.45, 2.75) is 20.4 Å². The number of para-hydroxylation sites is 2. The van der Waals surface area contributed by atoms with Crippen molar-refractivity contribution < 1.29 is 14.0 Å². The van der Waals surface area contributed by atoms with Gasteiger partial charge in [-0.15, -0.1) is 0 Å². The monoisotopic (exact) mass is 705 g/mol. The van der Waals surface area contributed by atoms with E-state index >= 15 is 0 Å². The molecule has 0 saturated carbocycles. The average Bonchev–Trinajstić information content (AvgIpc) is 3.17. The predicted octanol–water partition coefficient (Wildman–Crippen LogP) is 8.69. The summed E-state index contributed by atoms with van der Waals surface area (Å²) in [6.45, 7) is 3.96. The van der Waals surface area contributed by atoms with E-state index in [-0.39, 0.29) is 23.5 Å². The molecule has 0 fully saturated rings. The molecule has 0 atom stereocenters. The fourth-order valence-corrected chi connectivity index (χ4v) is 4.99. The molecule has 0 aliphatic carbocycles. The van der Waals surface area contributed by atoms with E-state index in [1.165, 1.54) is 12.2 Å². The van der Waals surface area contributed by atoms with Crippen LogP contribution in [0.3, 0.4) is 0 Å². The number of rotatable bonds is 14. The molecule has 0 aliphatic heterocycles. The van der Waals surface area contributed by atoms with Crippen molar-refractivity contribution in [3.8, 4) is 0 Å². The highest BCUT2D eigenvalue weighted by atomic mass is 19.1. The summed E-state index contributed by atoms with van der Waals surface area (Å²) in [5.74, 6) is 0.190. The van der Waals surface area contributed by atoms with Crippen LogP contribution in [-0.2, 0) is 11.3 Å². The van der Waals surface area contributed by atoms with Crippen molar-refractivity contribution in [2.75, 3.05) is 21.3 Å². The van der Waals surface area contributed by atoms with Crippen molar-refractivity contribution in [1.82, 2.24) is 25.3 Å². The number of amides is 1. The van der Waals surface area contributed by atoms with Crippen LogP contribution < -0.4 is 26.6 Å². The predicted molar refractivity (Wildman–Crippen MR) is 207 cm³/mol. The second-order valence-corrected chi connectivity index (χ2v) is 11.9. The normalized spacial score (nSPS) is 11.2. The molecule has 0 bridgehead atoms. The summed E-state index contributed by atoms with van der Waals surface area (Å²) in [7, 11) is 0. The van der Waals surface area contributed by atoms with Gasteiger partial charge in [-0.1, -0.05) is 54.6 Å². The lowest BCUT2D eigenvalue weighted by atomic mass is 10.1. The number of nitrogens with zero attached hydrogens (tertiary/aromatic N) is 4. The van der Waals surface area contributed by atoms with Crippen molar-refractivity contribution in [3.05, 3.63) is 168 Å². The van der Waals surface area contributed by atoms with Gasteiger partial charge in [0.25, 0.3) is 0 Å². The number of nitrogens with one attached hydrogen (secondary N) is 5. The molecule has 0 spiro atoms. The van der Waals surface area contributed by atoms with Crippen LogP contribution in [-0.4, -0.2) is 31.6 Å². The van der Waals surface area contributed by atoms with Gasteiger partial charge in [-0.05, 0) is 91.7 Å². The fraction of sp³-hybridized carbons (Fsp3) is 0.0732. The van der Waals surface area contributed by atoms with Crippen LogP contribution in [0.1, 0.15) is 28.4 Å². The molecule has 1 amide bonds. The zero-order chi connectivity index (χ0) is 37.0. The standard InChI is InChI=1S/C41H36FN9O2/c1-27(22-36(52)30-17-19-33(20-18-30)46-39-35(42)26-45-41(51-39)49-32-13-7-4-8-14-32)16-21-37(53)43-25-29-10-9-15-34(23-29)47-38-28(2)24-44-40(50-38)48-31-11-5-3-6-12-31/h3-24,26H,25H2,1-2H3,(H,43,53)(H2,44,47,48,50)(H2,45,46,49,51)/b21-16+,27-22+. The molecule has 2 heterocycles. The van der Waals surface area contributed by atoms with Gasteiger partial charge in [0.1, 0.15) is 5.82 Å². The highest BCUT2D eigenvalue weighted by molar-refractivity contribution is 6.05. The fourth-order valence-electron chi connectivity index (χ4n) is 4.99. The van der Waals surface area contributed by atoms with Crippen molar-refractivity contribution in [1.29, 1.82) is 0 Å². The van der Waals surface area contributed by atoms with Gasteiger partial charge in [0.15, 0.2) is 17.4 Å². The number of hydrogen-bond donors (Lipinski definition) is 5. The number of carbonyl (C=O) groups is 2. The number of hydrogen-bond acceptors (Lipinski definition) is 10. The highest BCUT2D eigenvalue weighted by Gasteiger charge is 2.10. The summed E-state index contributed by atoms with van der Waals surface area (Å²) in [5.41, 5.74) is 5.80. The quantitative estimate of drug-likeness (QED) is 0.0424. The highest BCUT2D eigenvalue weighted by Crippen LogP contribution is 2.23. The Hall–Kier alpha value is -7.21.